The average Bonchev–Trinajstić information content (AvgIpc) is 2.71. The fourth-order valence-electron chi connectivity index (χ4n) is 1.39. The van der Waals surface area contributed by atoms with Crippen LogP contribution in [0.3, 0.4) is 0 Å². The van der Waals surface area contributed by atoms with Crippen molar-refractivity contribution in [3.63, 3.8) is 0 Å². The van der Waals surface area contributed by atoms with Crippen molar-refractivity contribution in [1.29, 1.82) is 0 Å². The van der Waals surface area contributed by atoms with E-state index in [2.05, 4.69) is 4.98 Å². The molecule has 0 saturated heterocycles. The van der Waals surface area contributed by atoms with Gasteiger partial charge < -0.3 is 10.5 Å². The quantitative estimate of drug-likeness (QED) is 0.843. The third-order valence-electron chi connectivity index (χ3n) is 2.50. The summed E-state index contributed by atoms with van der Waals surface area (Å²) in [5.41, 5.74) is 6.25. The van der Waals surface area contributed by atoms with Crippen molar-refractivity contribution in [2.75, 3.05) is 13.7 Å². The standard InChI is InChI=1S/C12H20N2O2S/c1-7(6-13)10-14-9(12(2,3)4)8(17-10)11(15)16-5/h7H,6,13H2,1-5H3. The summed E-state index contributed by atoms with van der Waals surface area (Å²) < 4.78 is 4.80. The third-order valence-corrected chi connectivity index (χ3v) is 3.77. The van der Waals surface area contributed by atoms with Gasteiger partial charge >= 0.3 is 5.97 Å². The number of esters is 1. The van der Waals surface area contributed by atoms with Gasteiger partial charge in [0.2, 0.25) is 0 Å². The van der Waals surface area contributed by atoms with Crippen LogP contribution in [0.1, 0.15) is 54.0 Å². The van der Waals surface area contributed by atoms with Crippen molar-refractivity contribution < 1.29 is 9.53 Å². The molecule has 1 heterocycles. The molecule has 0 fully saturated rings. The smallest absolute Gasteiger partial charge is 0.350 e. The van der Waals surface area contributed by atoms with Gasteiger partial charge in [0.25, 0.3) is 0 Å². The molecule has 0 aromatic carbocycles. The third kappa shape index (κ3) is 3.04. The van der Waals surface area contributed by atoms with Crippen molar-refractivity contribution in [3.05, 3.63) is 15.6 Å². The number of ether oxygens (including phenoxy) is 1. The first kappa shape index (κ1) is 14.1. The van der Waals surface area contributed by atoms with Crippen molar-refractivity contribution in [2.24, 2.45) is 5.73 Å². The maximum Gasteiger partial charge on any atom is 0.350 e. The molecule has 0 aliphatic rings. The number of carbonyl (C=O) groups excluding carboxylic acids is 1. The van der Waals surface area contributed by atoms with E-state index in [0.29, 0.717) is 11.4 Å². The Morgan fingerprint density at radius 2 is 2.12 bits per heavy atom. The first-order valence-electron chi connectivity index (χ1n) is 5.60. The second-order valence-corrected chi connectivity index (χ2v) is 6.14. The highest BCUT2D eigenvalue weighted by Crippen LogP contribution is 2.32. The van der Waals surface area contributed by atoms with Gasteiger partial charge in [0.05, 0.1) is 17.8 Å². The molecular formula is C12H20N2O2S. The number of rotatable bonds is 3. The van der Waals surface area contributed by atoms with Crippen LogP contribution in [0.25, 0.3) is 0 Å². The minimum atomic E-state index is -0.317. The molecule has 1 unspecified atom stereocenters. The molecule has 0 bridgehead atoms. The molecular weight excluding hydrogens is 236 g/mol. The molecule has 1 aromatic heterocycles. The number of thiazole rings is 1. The molecule has 1 rings (SSSR count). The predicted molar refractivity (Wildman–Crippen MR) is 69.6 cm³/mol. The number of nitrogens with zero attached hydrogens (tertiary/aromatic N) is 1. The molecule has 1 aromatic rings. The van der Waals surface area contributed by atoms with Crippen LogP contribution in [0.4, 0.5) is 0 Å². The molecule has 0 radical (unpaired) electrons. The zero-order valence-corrected chi connectivity index (χ0v) is 11.9. The molecule has 0 amide bonds. The highest BCUT2D eigenvalue weighted by Gasteiger charge is 2.28. The molecule has 0 saturated carbocycles. The highest BCUT2D eigenvalue weighted by atomic mass is 32.1. The molecule has 96 valence electrons. The van der Waals surface area contributed by atoms with Crippen molar-refractivity contribution in [1.82, 2.24) is 4.98 Å². The zero-order valence-electron chi connectivity index (χ0n) is 11.0. The number of hydrogen-bond donors (Lipinski definition) is 1. The number of carbonyl (C=O) groups is 1. The van der Waals surface area contributed by atoms with Crippen LogP contribution < -0.4 is 5.73 Å². The van der Waals surface area contributed by atoms with Gasteiger partial charge in [-0.3, -0.25) is 0 Å². The fourth-order valence-corrected chi connectivity index (χ4v) is 2.65. The Morgan fingerprint density at radius 1 is 1.53 bits per heavy atom. The SMILES string of the molecule is COC(=O)c1sc(C(C)CN)nc1C(C)(C)C. The van der Waals surface area contributed by atoms with Gasteiger partial charge in [0.15, 0.2) is 0 Å². The molecule has 1 atom stereocenters. The summed E-state index contributed by atoms with van der Waals surface area (Å²) in [6, 6.07) is 0. The Hall–Kier alpha value is -0.940. The van der Waals surface area contributed by atoms with Gasteiger partial charge in [0, 0.05) is 17.9 Å². The van der Waals surface area contributed by atoms with Gasteiger partial charge in [-0.05, 0) is 0 Å². The lowest BCUT2D eigenvalue weighted by Gasteiger charge is -2.16. The van der Waals surface area contributed by atoms with Crippen LogP contribution in [0.5, 0.6) is 0 Å². The number of methoxy groups -OCH3 is 1. The van der Waals surface area contributed by atoms with Gasteiger partial charge in [-0.15, -0.1) is 11.3 Å². The summed E-state index contributed by atoms with van der Waals surface area (Å²) >= 11 is 1.39. The number of nitrogens with two attached hydrogens (primary N) is 1. The second-order valence-electron chi connectivity index (χ2n) is 5.11. The van der Waals surface area contributed by atoms with Gasteiger partial charge in [-0.1, -0.05) is 27.7 Å². The Bertz CT molecular complexity index is 407. The van der Waals surface area contributed by atoms with E-state index in [0.717, 1.165) is 10.7 Å². The maximum atomic E-state index is 11.7. The normalized spacial score (nSPS) is 13.5. The van der Waals surface area contributed by atoms with E-state index in [1.165, 1.54) is 18.4 Å². The minimum Gasteiger partial charge on any atom is -0.465 e. The van der Waals surface area contributed by atoms with Crippen LogP contribution in [-0.2, 0) is 10.2 Å². The van der Waals surface area contributed by atoms with Crippen LogP contribution in [0, 0.1) is 0 Å². The average molecular weight is 256 g/mol. The first-order chi connectivity index (χ1) is 7.81. The topological polar surface area (TPSA) is 65.2 Å². The van der Waals surface area contributed by atoms with Gasteiger partial charge in [-0.25, -0.2) is 9.78 Å². The van der Waals surface area contributed by atoms with Crippen molar-refractivity contribution in [3.8, 4) is 0 Å². The lowest BCUT2D eigenvalue weighted by atomic mass is 9.91. The minimum absolute atomic E-state index is 0.166. The van der Waals surface area contributed by atoms with E-state index in [-0.39, 0.29) is 17.3 Å². The maximum absolute atomic E-state index is 11.7. The summed E-state index contributed by atoms with van der Waals surface area (Å²) in [6.07, 6.45) is 0. The van der Waals surface area contributed by atoms with E-state index in [1.807, 2.05) is 27.7 Å². The Morgan fingerprint density at radius 3 is 2.53 bits per heavy atom. The first-order valence-corrected chi connectivity index (χ1v) is 6.42. The van der Waals surface area contributed by atoms with Crippen LogP contribution >= 0.6 is 11.3 Å². The molecule has 5 heteroatoms. The van der Waals surface area contributed by atoms with E-state index < -0.39 is 0 Å². The molecule has 4 nitrogen and oxygen atoms in total. The van der Waals surface area contributed by atoms with Crippen molar-refractivity contribution >= 4 is 17.3 Å². The summed E-state index contributed by atoms with van der Waals surface area (Å²) in [6.45, 7) is 8.63. The summed E-state index contributed by atoms with van der Waals surface area (Å²) in [4.78, 5) is 16.9. The van der Waals surface area contributed by atoms with E-state index in [4.69, 9.17) is 10.5 Å². The fraction of sp³-hybridized carbons (Fsp3) is 0.667. The largest absolute Gasteiger partial charge is 0.465 e. The molecule has 0 aliphatic heterocycles. The Kier molecular flexibility index (Phi) is 4.27. The summed E-state index contributed by atoms with van der Waals surface area (Å²) in [7, 11) is 1.39. The van der Waals surface area contributed by atoms with E-state index in [9.17, 15) is 4.79 Å². The van der Waals surface area contributed by atoms with Crippen LogP contribution in [-0.4, -0.2) is 24.6 Å². The number of hydrogen-bond acceptors (Lipinski definition) is 5. The van der Waals surface area contributed by atoms with Crippen molar-refractivity contribution in [2.45, 2.75) is 39.0 Å². The molecule has 2 N–H and O–H groups in total. The lowest BCUT2D eigenvalue weighted by molar-refractivity contribution is 0.0603. The van der Waals surface area contributed by atoms with Crippen LogP contribution in [0.2, 0.25) is 0 Å². The molecule has 0 spiro atoms. The second kappa shape index (κ2) is 5.14. The number of aromatic nitrogens is 1. The zero-order chi connectivity index (χ0) is 13.2. The summed E-state index contributed by atoms with van der Waals surface area (Å²) in [5, 5.41) is 0.901. The summed E-state index contributed by atoms with van der Waals surface area (Å²) in [5.74, 6) is -0.151. The molecule has 0 aliphatic carbocycles. The monoisotopic (exact) mass is 256 g/mol. The Labute approximate surface area is 106 Å². The van der Waals surface area contributed by atoms with E-state index >= 15 is 0 Å². The Balaban J connectivity index is 3.26. The predicted octanol–water partition coefficient (Wildman–Crippen LogP) is 2.29. The molecule has 17 heavy (non-hydrogen) atoms. The highest BCUT2D eigenvalue weighted by molar-refractivity contribution is 7.13. The van der Waals surface area contributed by atoms with Gasteiger partial charge in [-0.2, -0.15) is 0 Å². The van der Waals surface area contributed by atoms with E-state index in [1.54, 1.807) is 0 Å². The van der Waals surface area contributed by atoms with Gasteiger partial charge in [0.1, 0.15) is 4.88 Å². The lowest BCUT2D eigenvalue weighted by Crippen LogP contribution is -2.17. The van der Waals surface area contributed by atoms with Crippen LogP contribution in [0.15, 0.2) is 0 Å².